The lowest BCUT2D eigenvalue weighted by molar-refractivity contribution is 0.561. The number of rotatable bonds is 3. The van der Waals surface area contributed by atoms with Gasteiger partial charge in [-0.2, -0.15) is 0 Å². The summed E-state index contributed by atoms with van der Waals surface area (Å²) in [6.45, 7) is 0. The quantitative estimate of drug-likeness (QED) is 0.515. The highest BCUT2D eigenvalue weighted by molar-refractivity contribution is 9.09. The van der Waals surface area contributed by atoms with Crippen LogP contribution in [0.2, 0.25) is 0 Å². The van der Waals surface area contributed by atoms with E-state index >= 15 is 0 Å². The van der Waals surface area contributed by atoms with Gasteiger partial charge in [-0.25, -0.2) is 9.18 Å². The van der Waals surface area contributed by atoms with E-state index in [9.17, 15) is 9.18 Å². The summed E-state index contributed by atoms with van der Waals surface area (Å²) < 4.78 is 18.7. The van der Waals surface area contributed by atoms with Gasteiger partial charge in [0.2, 0.25) is 0 Å². The zero-order valence-electron chi connectivity index (χ0n) is 11.1. The number of fused-ring (bicyclic) bond motifs is 1. The monoisotopic (exact) mass is 346 g/mol. The smallest absolute Gasteiger partial charge is 0.336 e. The average molecular weight is 347 g/mol. The Hall–Kier alpha value is -1.94. The lowest BCUT2D eigenvalue weighted by atomic mass is 10.0. The maximum Gasteiger partial charge on any atom is 0.336 e. The van der Waals surface area contributed by atoms with Gasteiger partial charge in [-0.1, -0.05) is 40.2 Å². The normalized spacial score (nSPS) is 11.0. The molecule has 0 amide bonds. The summed E-state index contributed by atoms with van der Waals surface area (Å²) in [4.78, 5) is 11.8. The highest BCUT2D eigenvalue weighted by Crippen LogP contribution is 2.28. The highest BCUT2D eigenvalue weighted by Gasteiger charge is 2.09. The van der Waals surface area contributed by atoms with Gasteiger partial charge in [-0.15, -0.1) is 0 Å². The van der Waals surface area contributed by atoms with Gasteiger partial charge in [-0.3, -0.25) is 0 Å². The first-order chi connectivity index (χ1) is 10.2. The molecule has 0 radical (unpaired) electrons. The summed E-state index contributed by atoms with van der Waals surface area (Å²) in [5, 5.41) is 1.64. The Kier molecular flexibility index (Phi) is 3.88. The van der Waals surface area contributed by atoms with Crippen molar-refractivity contribution in [2.75, 3.05) is 5.33 Å². The molecule has 0 aliphatic rings. The Morgan fingerprint density at radius 1 is 1.10 bits per heavy atom. The third-order valence-electron chi connectivity index (χ3n) is 3.33. The van der Waals surface area contributed by atoms with E-state index < -0.39 is 5.63 Å². The topological polar surface area (TPSA) is 30.2 Å². The Morgan fingerprint density at radius 2 is 1.95 bits per heavy atom. The van der Waals surface area contributed by atoms with Gasteiger partial charge in [0.15, 0.2) is 0 Å². The maximum absolute atomic E-state index is 13.4. The molecule has 106 valence electrons. The minimum absolute atomic E-state index is 0.329. The van der Waals surface area contributed by atoms with Crippen molar-refractivity contribution in [2.45, 2.75) is 6.42 Å². The highest BCUT2D eigenvalue weighted by atomic mass is 79.9. The second kappa shape index (κ2) is 5.82. The lowest BCUT2D eigenvalue weighted by Crippen LogP contribution is -1.99. The molecule has 0 spiro atoms. The first-order valence-corrected chi connectivity index (χ1v) is 7.68. The van der Waals surface area contributed by atoms with Crippen molar-refractivity contribution in [1.82, 2.24) is 0 Å². The molecule has 2 nitrogen and oxygen atoms in total. The molecule has 0 bridgehead atoms. The number of halogens is 2. The SMILES string of the molecule is O=c1cc(-c2cccc(F)c2)c2ccc(CCBr)cc2o1. The second-order valence-electron chi connectivity index (χ2n) is 4.76. The number of hydrogen-bond donors (Lipinski definition) is 0. The molecule has 0 N–H and O–H groups in total. The predicted octanol–water partition coefficient (Wildman–Crippen LogP) is 4.54. The Labute approximate surface area is 129 Å². The van der Waals surface area contributed by atoms with Crippen LogP contribution in [-0.2, 0) is 6.42 Å². The molecule has 0 aliphatic carbocycles. The van der Waals surface area contributed by atoms with Crippen molar-refractivity contribution < 1.29 is 8.81 Å². The molecule has 0 atom stereocenters. The van der Waals surface area contributed by atoms with Crippen molar-refractivity contribution in [1.29, 1.82) is 0 Å². The van der Waals surface area contributed by atoms with Crippen LogP contribution < -0.4 is 5.63 Å². The molecule has 1 heterocycles. The fraction of sp³-hybridized carbons (Fsp3) is 0.118. The number of aryl methyl sites for hydroxylation is 1. The van der Waals surface area contributed by atoms with E-state index in [1.807, 2.05) is 18.2 Å². The average Bonchev–Trinajstić information content (AvgIpc) is 2.46. The fourth-order valence-electron chi connectivity index (χ4n) is 2.37. The van der Waals surface area contributed by atoms with Gasteiger partial charge < -0.3 is 4.42 Å². The van der Waals surface area contributed by atoms with Gasteiger partial charge in [0, 0.05) is 16.8 Å². The van der Waals surface area contributed by atoms with Crippen LogP contribution in [0.4, 0.5) is 4.39 Å². The molecule has 2 aromatic carbocycles. The molecule has 21 heavy (non-hydrogen) atoms. The maximum atomic E-state index is 13.4. The van der Waals surface area contributed by atoms with Gasteiger partial charge in [0.05, 0.1) is 0 Å². The summed E-state index contributed by atoms with van der Waals surface area (Å²) >= 11 is 3.39. The lowest BCUT2D eigenvalue weighted by Gasteiger charge is -2.07. The van der Waals surface area contributed by atoms with E-state index in [0.717, 1.165) is 22.7 Å². The van der Waals surface area contributed by atoms with Gasteiger partial charge in [0.25, 0.3) is 0 Å². The molecule has 0 saturated carbocycles. The van der Waals surface area contributed by atoms with E-state index in [4.69, 9.17) is 4.42 Å². The minimum Gasteiger partial charge on any atom is -0.423 e. The molecule has 3 aromatic rings. The van der Waals surface area contributed by atoms with Crippen molar-refractivity contribution in [3.05, 3.63) is 70.3 Å². The summed E-state index contributed by atoms with van der Waals surface area (Å²) in [6.07, 6.45) is 0.851. The van der Waals surface area contributed by atoms with Gasteiger partial charge in [-0.05, 0) is 41.3 Å². The summed E-state index contributed by atoms with van der Waals surface area (Å²) in [5.41, 5.74) is 2.53. The third kappa shape index (κ3) is 2.90. The van der Waals surface area contributed by atoms with Crippen LogP contribution in [0.1, 0.15) is 5.56 Å². The Morgan fingerprint density at radius 3 is 2.71 bits per heavy atom. The second-order valence-corrected chi connectivity index (χ2v) is 5.55. The number of hydrogen-bond acceptors (Lipinski definition) is 2. The largest absolute Gasteiger partial charge is 0.423 e. The number of alkyl halides is 1. The van der Waals surface area contributed by atoms with E-state index in [1.54, 1.807) is 12.1 Å². The molecule has 4 heteroatoms. The predicted molar refractivity (Wildman–Crippen MR) is 85.4 cm³/mol. The van der Waals surface area contributed by atoms with E-state index in [0.29, 0.717) is 16.7 Å². The van der Waals surface area contributed by atoms with E-state index in [-0.39, 0.29) is 5.82 Å². The molecule has 3 rings (SSSR count). The summed E-state index contributed by atoms with van der Waals surface area (Å²) in [6, 6.07) is 13.4. The Bertz CT molecular complexity index is 855. The molecule has 0 fully saturated rings. The number of benzene rings is 2. The molecule has 0 unspecified atom stereocenters. The molecule has 1 aromatic heterocycles. The van der Waals surface area contributed by atoms with Crippen LogP contribution in [-0.4, -0.2) is 5.33 Å². The van der Waals surface area contributed by atoms with Crippen molar-refractivity contribution in [2.24, 2.45) is 0 Å². The van der Waals surface area contributed by atoms with Gasteiger partial charge >= 0.3 is 5.63 Å². The van der Waals surface area contributed by atoms with E-state index in [1.165, 1.54) is 18.2 Å². The fourth-order valence-corrected chi connectivity index (χ4v) is 2.82. The third-order valence-corrected chi connectivity index (χ3v) is 3.72. The van der Waals surface area contributed by atoms with Crippen LogP contribution in [0.25, 0.3) is 22.1 Å². The van der Waals surface area contributed by atoms with Crippen molar-refractivity contribution in [3.63, 3.8) is 0 Å². The minimum atomic E-state index is -0.433. The van der Waals surface area contributed by atoms with Crippen LogP contribution >= 0.6 is 15.9 Å². The van der Waals surface area contributed by atoms with Crippen molar-refractivity contribution >= 4 is 26.9 Å². The summed E-state index contributed by atoms with van der Waals surface area (Å²) in [5.74, 6) is -0.329. The first kappa shape index (κ1) is 14.0. The van der Waals surface area contributed by atoms with Crippen LogP contribution in [0.3, 0.4) is 0 Å². The van der Waals surface area contributed by atoms with Crippen LogP contribution in [0.5, 0.6) is 0 Å². The zero-order chi connectivity index (χ0) is 14.8. The first-order valence-electron chi connectivity index (χ1n) is 6.56. The van der Waals surface area contributed by atoms with Crippen molar-refractivity contribution in [3.8, 4) is 11.1 Å². The molecular weight excluding hydrogens is 335 g/mol. The molecular formula is C17H12BrFO2. The Balaban J connectivity index is 2.25. The summed E-state index contributed by atoms with van der Waals surface area (Å²) in [7, 11) is 0. The zero-order valence-corrected chi connectivity index (χ0v) is 12.7. The van der Waals surface area contributed by atoms with Crippen LogP contribution in [0, 0.1) is 5.82 Å². The standard InChI is InChI=1S/C17H12BrFO2/c18-7-6-11-4-5-14-15(10-17(20)21-16(14)8-11)12-2-1-3-13(19)9-12/h1-5,8-10H,6-7H2. The van der Waals surface area contributed by atoms with E-state index in [2.05, 4.69) is 15.9 Å². The van der Waals surface area contributed by atoms with Gasteiger partial charge in [0.1, 0.15) is 11.4 Å². The van der Waals surface area contributed by atoms with Crippen LogP contribution in [0.15, 0.2) is 57.7 Å². The molecule has 0 saturated heterocycles. The molecule has 0 aliphatic heterocycles.